The Labute approximate surface area is 97.8 Å². The molecule has 0 aromatic rings. The highest BCUT2D eigenvalue weighted by molar-refractivity contribution is 5.82. The van der Waals surface area contributed by atoms with Crippen molar-refractivity contribution in [2.45, 2.75) is 52.9 Å². The Balaban J connectivity index is 2.18. The van der Waals surface area contributed by atoms with Crippen LogP contribution in [0, 0.1) is 23.2 Å². The lowest BCUT2D eigenvalue weighted by atomic mass is 9.54. The summed E-state index contributed by atoms with van der Waals surface area (Å²) < 4.78 is 0. The van der Waals surface area contributed by atoms with Gasteiger partial charge in [-0.15, -0.1) is 0 Å². The van der Waals surface area contributed by atoms with Crippen molar-refractivity contribution in [1.82, 2.24) is 0 Å². The molecule has 0 spiro atoms. The Morgan fingerprint density at radius 2 is 2.06 bits per heavy atom. The average Bonchev–Trinajstić information content (AvgIpc) is 2.24. The lowest BCUT2D eigenvalue weighted by Gasteiger charge is -2.49. The van der Waals surface area contributed by atoms with Gasteiger partial charge < -0.3 is 0 Å². The molecule has 90 valence electrons. The first-order valence-electron chi connectivity index (χ1n) is 6.47. The monoisotopic (exact) mass is 222 g/mol. The van der Waals surface area contributed by atoms with Crippen molar-refractivity contribution in [1.29, 1.82) is 0 Å². The van der Waals surface area contributed by atoms with Crippen LogP contribution in [0.1, 0.15) is 52.9 Å². The van der Waals surface area contributed by atoms with Crippen LogP contribution < -0.4 is 0 Å². The van der Waals surface area contributed by atoms with Crippen molar-refractivity contribution in [3.05, 3.63) is 0 Å². The van der Waals surface area contributed by atoms with Crippen LogP contribution in [0.15, 0.2) is 0 Å². The number of carbonyl (C=O) groups is 2. The predicted molar refractivity (Wildman–Crippen MR) is 63.0 cm³/mol. The van der Waals surface area contributed by atoms with Crippen molar-refractivity contribution >= 4 is 11.6 Å². The molecule has 0 bridgehead atoms. The van der Waals surface area contributed by atoms with E-state index in [4.69, 9.17) is 0 Å². The van der Waals surface area contributed by atoms with Crippen molar-refractivity contribution < 1.29 is 9.59 Å². The van der Waals surface area contributed by atoms with Gasteiger partial charge in [0.25, 0.3) is 0 Å². The molecule has 0 radical (unpaired) electrons. The molecule has 0 heterocycles. The van der Waals surface area contributed by atoms with Crippen LogP contribution in [0.5, 0.6) is 0 Å². The number of carbonyl (C=O) groups excluding carboxylic acids is 2. The van der Waals surface area contributed by atoms with Crippen LogP contribution >= 0.6 is 0 Å². The summed E-state index contributed by atoms with van der Waals surface area (Å²) in [6, 6.07) is 0. The number of rotatable bonds is 1. The Bertz CT molecular complexity index is 321. The van der Waals surface area contributed by atoms with Gasteiger partial charge in [0.15, 0.2) is 0 Å². The first-order valence-corrected chi connectivity index (χ1v) is 6.47. The number of fused-ring (bicyclic) bond motifs is 1. The molecular formula is C14H22O2. The first kappa shape index (κ1) is 11.8. The normalized spacial score (nSPS) is 43.9. The topological polar surface area (TPSA) is 34.1 Å². The van der Waals surface area contributed by atoms with E-state index in [1.165, 1.54) is 0 Å². The van der Waals surface area contributed by atoms with Gasteiger partial charge in [0.1, 0.15) is 11.6 Å². The van der Waals surface area contributed by atoms with Crippen molar-refractivity contribution in [3.8, 4) is 0 Å². The van der Waals surface area contributed by atoms with Gasteiger partial charge in [-0.25, -0.2) is 0 Å². The summed E-state index contributed by atoms with van der Waals surface area (Å²) in [6.45, 7) is 6.08. The Hall–Kier alpha value is -0.660. The summed E-state index contributed by atoms with van der Waals surface area (Å²) in [6.07, 6.45) is 4.88. The van der Waals surface area contributed by atoms with E-state index in [0.29, 0.717) is 22.9 Å². The maximum Gasteiger partial charge on any atom is 0.136 e. The Morgan fingerprint density at radius 1 is 1.38 bits per heavy atom. The minimum Gasteiger partial charge on any atom is -0.300 e. The SMILES string of the molecule is CC(=O)C1CCC2(C)CCC(=O)C(C)C2C1. The van der Waals surface area contributed by atoms with Crippen LogP contribution in [-0.2, 0) is 9.59 Å². The van der Waals surface area contributed by atoms with E-state index >= 15 is 0 Å². The quantitative estimate of drug-likeness (QED) is 0.683. The molecule has 2 nitrogen and oxygen atoms in total. The summed E-state index contributed by atoms with van der Waals surface area (Å²) >= 11 is 0. The van der Waals surface area contributed by atoms with Crippen LogP contribution in [0.4, 0.5) is 0 Å². The van der Waals surface area contributed by atoms with Gasteiger partial charge in [0.05, 0.1) is 0 Å². The molecule has 2 rings (SSSR count). The second-order valence-corrected chi connectivity index (χ2v) is 6.10. The molecule has 4 unspecified atom stereocenters. The fraction of sp³-hybridized carbons (Fsp3) is 0.857. The highest BCUT2D eigenvalue weighted by Crippen LogP contribution is 2.52. The molecule has 0 saturated heterocycles. The zero-order chi connectivity index (χ0) is 11.9. The molecule has 0 amide bonds. The van der Waals surface area contributed by atoms with E-state index in [-0.39, 0.29) is 11.8 Å². The van der Waals surface area contributed by atoms with E-state index in [2.05, 4.69) is 13.8 Å². The van der Waals surface area contributed by atoms with Crippen LogP contribution in [-0.4, -0.2) is 11.6 Å². The van der Waals surface area contributed by atoms with E-state index in [9.17, 15) is 9.59 Å². The minimum absolute atomic E-state index is 0.167. The molecule has 0 aromatic carbocycles. The third-order valence-corrected chi connectivity index (χ3v) is 5.13. The maximum atomic E-state index is 11.8. The molecule has 4 atom stereocenters. The largest absolute Gasteiger partial charge is 0.300 e. The molecule has 2 saturated carbocycles. The van der Waals surface area contributed by atoms with Gasteiger partial charge in [0, 0.05) is 18.3 Å². The third-order valence-electron chi connectivity index (χ3n) is 5.13. The van der Waals surface area contributed by atoms with Gasteiger partial charge in [-0.3, -0.25) is 9.59 Å². The standard InChI is InChI=1S/C14H22O2/c1-9-12-8-11(10(2)15)4-6-14(12,3)7-5-13(9)16/h9,11-12H,4-8H2,1-3H3. The fourth-order valence-corrected chi connectivity index (χ4v) is 3.75. The molecule has 0 aromatic heterocycles. The second-order valence-electron chi connectivity index (χ2n) is 6.10. The van der Waals surface area contributed by atoms with E-state index in [0.717, 1.165) is 32.1 Å². The second kappa shape index (κ2) is 3.97. The van der Waals surface area contributed by atoms with Crippen molar-refractivity contribution in [2.75, 3.05) is 0 Å². The molecule has 2 heteroatoms. The lowest BCUT2D eigenvalue weighted by molar-refractivity contribution is -0.136. The molecule has 2 fully saturated rings. The number of ketones is 2. The van der Waals surface area contributed by atoms with Crippen molar-refractivity contribution in [3.63, 3.8) is 0 Å². The molecule has 0 N–H and O–H groups in total. The van der Waals surface area contributed by atoms with Crippen LogP contribution in [0.2, 0.25) is 0 Å². The third kappa shape index (κ3) is 1.83. The maximum absolute atomic E-state index is 11.8. The molecule has 2 aliphatic rings. The molecule has 16 heavy (non-hydrogen) atoms. The van der Waals surface area contributed by atoms with Gasteiger partial charge in [-0.2, -0.15) is 0 Å². The summed E-state index contributed by atoms with van der Waals surface area (Å²) in [4.78, 5) is 23.3. The highest BCUT2D eigenvalue weighted by atomic mass is 16.1. The van der Waals surface area contributed by atoms with Gasteiger partial charge in [-0.1, -0.05) is 13.8 Å². The predicted octanol–water partition coefficient (Wildman–Crippen LogP) is 3.00. The van der Waals surface area contributed by atoms with Crippen LogP contribution in [0.3, 0.4) is 0 Å². The van der Waals surface area contributed by atoms with Gasteiger partial charge >= 0.3 is 0 Å². The Kier molecular flexibility index (Phi) is 2.93. The van der Waals surface area contributed by atoms with Gasteiger partial charge in [0.2, 0.25) is 0 Å². The number of hydrogen-bond acceptors (Lipinski definition) is 2. The smallest absolute Gasteiger partial charge is 0.136 e. The zero-order valence-electron chi connectivity index (χ0n) is 10.6. The van der Waals surface area contributed by atoms with E-state index in [1.807, 2.05) is 0 Å². The van der Waals surface area contributed by atoms with Crippen LogP contribution in [0.25, 0.3) is 0 Å². The molecular weight excluding hydrogens is 200 g/mol. The molecule has 2 aliphatic carbocycles. The van der Waals surface area contributed by atoms with Gasteiger partial charge in [-0.05, 0) is 43.9 Å². The first-order chi connectivity index (χ1) is 7.44. The number of Topliss-reactive ketones (excluding diaryl/α,β-unsaturated/α-hetero) is 2. The summed E-state index contributed by atoms with van der Waals surface area (Å²) in [5.74, 6) is 1.54. The fourth-order valence-electron chi connectivity index (χ4n) is 3.75. The summed E-state index contributed by atoms with van der Waals surface area (Å²) in [5, 5.41) is 0. The highest BCUT2D eigenvalue weighted by Gasteiger charge is 2.47. The van der Waals surface area contributed by atoms with Crippen molar-refractivity contribution in [2.24, 2.45) is 23.2 Å². The zero-order valence-corrected chi connectivity index (χ0v) is 10.6. The lowest BCUT2D eigenvalue weighted by Crippen LogP contribution is -2.45. The summed E-state index contributed by atoms with van der Waals surface area (Å²) in [7, 11) is 0. The number of hydrogen-bond donors (Lipinski definition) is 0. The minimum atomic E-state index is 0.167. The molecule has 0 aliphatic heterocycles. The van der Waals surface area contributed by atoms with E-state index in [1.54, 1.807) is 6.92 Å². The Morgan fingerprint density at radius 3 is 2.69 bits per heavy atom. The average molecular weight is 222 g/mol. The van der Waals surface area contributed by atoms with E-state index < -0.39 is 0 Å². The summed E-state index contributed by atoms with van der Waals surface area (Å²) in [5.41, 5.74) is 0.319.